The Morgan fingerprint density at radius 2 is 1.72 bits per heavy atom. The molecule has 0 aliphatic carbocycles. The second-order valence-corrected chi connectivity index (χ2v) is 5.52. The Morgan fingerprint density at radius 1 is 1.04 bits per heavy atom. The average molecular weight is 342 g/mol. The summed E-state index contributed by atoms with van der Waals surface area (Å²) >= 11 is 0. The van der Waals surface area contributed by atoms with Gasteiger partial charge in [-0.15, -0.1) is 0 Å². The molecule has 0 saturated heterocycles. The summed E-state index contributed by atoms with van der Waals surface area (Å²) in [6, 6.07) is 15.5. The third-order valence-electron chi connectivity index (χ3n) is 3.55. The topological polar surface area (TPSA) is 87.7 Å². The number of carbonyl (C=O) groups excluding carboxylic acids is 1. The quantitative estimate of drug-likeness (QED) is 0.688. The molecule has 0 bridgehead atoms. The molecule has 0 aromatic heterocycles. The molecule has 6 heteroatoms. The van der Waals surface area contributed by atoms with Crippen molar-refractivity contribution >= 4 is 12.0 Å². The first kappa shape index (κ1) is 18.3. The Bertz CT molecular complexity index is 686. The first-order chi connectivity index (χ1) is 12.1. The number of aliphatic carboxylic acids is 1. The number of benzene rings is 2. The van der Waals surface area contributed by atoms with Crippen molar-refractivity contribution in [2.24, 2.45) is 0 Å². The first-order valence-electron chi connectivity index (χ1n) is 8.11. The van der Waals surface area contributed by atoms with Crippen LogP contribution in [0.1, 0.15) is 18.1 Å². The fourth-order valence-corrected chi connectivity index (χ4v) is 2.27. The van der Waals surface area contributed by atoms with Crippen LogP contribution in [-0.4, -0.2) is 29.7 Å². The molecule has 0 fully saturated rings. The number of carboxylic acid groups (broad SMARTS) is 1. The number of urea groups is 1. The predicted octanol–water partition coefficient (Wildman–Crippen LogP) is 2.58. The summed E-state index contributed by atoms with van der Waals surface area (Å²) in [5, 5.41) is 14.2. The Balaban J connectivity index is 1.91. The lowest BCUT2D eigenvalue weighted by atomic mass is 10.1. The van der Waals surface area contributed by atoms with Gasteiger partial charge in [0.1, 0.15) is 18.4 Å². The predicted molar refractivity (Wildman–Crippen MR) is 94.6 cm³/mol. The normalized spacial score (nSPS) is 11.4. The summed E-state index contributed by atoms with van der Waals surface area (Å²) in [5.74, 6) is -0.369. The van der Waals surface area contributed by atoms with Gasteiger partial charge in [-0.2, -0.15) is 0 Å². The Hall–Kier alpha value is -3.02. The summed E-state index contributed by atoms with van der Waals surface area (Å²) in [4.78, 5) is 22.8. The van der Waals surface area contributed by atoms with Gasteiger partial charge < -0.3 is 20.5 Å². The van der Waals surface area contributed by atoms with Gasteiger partial charge in [0.25, 0.3) is 0 Å². The van der Waals surface area contributed by atoms with Crippen LogP contribution >= 0.6 is 0 Å². The van der Waals surface area contributed by atoms with Crippen LogP contribution in [0.25, 0.3) is 0 Å². The molecule has 0 spiro atoms. The van der Waals surface area contributed by atoms with E-state index in [1.54, 1.807) is 31.2 Å². The molecular weight excluding hydrogens is 320 g/mol. The molecule has 132 valence electrons. The summed E-state index contributed by atoms with van der Waals surface area (Å²) in [6.45, 7) is 2.67. The second-order valence-electron chi connectivity index (χ2n) is 5.52. The van der Waals surface area contributed by atoms with E-state index in [0.29, 0.717) is 18.9 Å². The fourth-order valence-electron chi connectivity index (χ4n) is 2.27. The third-order valence-corrected chi connectivity index (χ3v) is 3.55. The minimum Gasteiger partial charge on any atom is -0.489 e. The van der Waals surface area contributed by atoms with Gasteiger partial charge in [-0.3, -0.25) is 0 Å². The molecule has 25 heavy (non-hydrogen) atoms. The number of ether oxygens (including phenoxy) is 1. The summed E-state index contributed by atoms with van der Waals surface area (Å²) in [7, 11) is 0. The molecule has 0 unspecified atom stereocenters. The Morgan fingerprint density at radius 3 is 2.32 bits per heavy atom. The van der Waals surface area contributed by atoms with Gasteiger partial charge in [0.2, 0.25) is 0 Å². The van der Waals surface area contributed by atoms with Crippen molar-refractivity contribution in [3.05, 3.63) is 65.7 Å². The van der Waals surface area contributed by atoms with Gasteiger partial charge >= 0.3 is 12.0 Å². The van der Waals surface area contributed by atoms with Crippen LogP contribution < -0.4 is 15.4 Å². The molecular formula is C19H22N2O4. The fraction of sp³-hybridized carbons (Fsp3) is 0.263. The maximum Gasteiger partial charge on any atom is 0.326 e. The van der Waals surface area contributed by atoms with E-state index in [4.69, 9.17) is 4.74 Å². The molecule has 2 amide bonds. The monoisotopic (exact) mass is 342 g/mol. The van der Waals surface area contributed by atoms with Gasteiger partial charge in [0.05, 0.1) is 0 Å². The number of carboxylic acids is 1. The van der Waals surface area contributed by atoms with Crippen LogP contribution in [0.3, 0.4) is 0 Å². The van der Waals surface area contributed by atoms with Crippen LogP contribution in [0.2, 0.25) is 0 Å². The highest BCUT2D eigenvalue weighted by Crippen LogP contribution is 2.15. The van der Waals surface area contributed by atoms with Crippen LogP contribution in [0.4, 0.5) is 4.79 Å². The third kappa shape index (κ3) is 6.18. The SMILES string of the molecule is CCNC(=O)N[C@H](Cc1ccc(OCc2ccccc2)cc1)C(=O)O. The number of rotatable bonds is 8. The lowest BCUT2D eigenvalue weighted by Crippen LogP contribution is -2.47. The van der Waals surface area contributed by atoms with Crippen molar-refractivity contribution in [3.63, 3.8) is 0 Å². The van der Waals surface area contributed by atoms with Crippen LogP contribution in [0.5, 0.6) is 5.75 Å². The highest BCUT2D eigenvalue weighted by molar-refractivity contribution is 5.82. The smallest absolute Gasteiger partial charge is 0.326 e. The van der Waals surface area contributed by atoms with E-state index in [2.05, 4.69) is 10.6 Å². The summed E-state index contributed by atoms with van der Waals surface area (Å²) < 4.78 is 5.70. The highest BCUT2D eigenvalue weighted by atomic mass is 16.5. The van der Waals surface area contributed by atoms with Gasteiger partial charge in [-0.1, -0.05) is 42.5 Å². The standard InChI is InChI=1S/C19H22N2O4/c1-2-20-19(24)21-17(18(22)23)12-14-8-10-16(11-9-14)25-13-15-6-4-3-5-7-15/h3-11,17H,2,12-13H2,1H3,(H,22,23)(H2,20,21,24)/t17-/m1/s1. The maximum absolute atomic E-state index is 11.5. The van der Waals surface area contributed by atoms with Crippen molar-refractivity contribution in [1.82, 2.24) is 10.6 Å². The minimum atomic E-state index is -1.07. The van der Waals surface area contributed by atoms with Crippen molar-refractivity contribution in [1.29, 1.82) is 0 Å². The minimum absolute atomic E-state index is 0.200. The maximum atomic E-state index is 11.5. The van der Waals surface area contributed by atoms with Gasteiger partial charge in [0, 0.05) is 13.0 Å². The van der Waals surface area contributed by atoms with E-state index < -0.39 is 18.0 Å². The Kier molecular flexibility index (Phi) is 6.83. The van der Waals surface area contributed by atoms with Crippen LogP contribution in [-0.2, 0) is 17.8 Å². The van der Waals surface area contributed by atoms with Crippen molar-refractivity contribution in [2.75, 3.05) is 6.54 Å². The summed E-state index contributed by atoms with van der Waals surface area (Å²) in [6.07, 6.45) is 0.200. The van der Waals surface area contributed by atoms with Gasteiger partial charge in [0.15, 0.2) is 0 Å². The van der Waals surface area contributed by atoms with E-state index >= 15 is 0 Å². The molecule has 2 rings (SSSR count). The number of hydrogen-bond donors (Lipinski definition) is 3. The molecule has 0 aliphatic heterocycles. The van der Waals surface area contributed by atoms with E-state index in [0.717, 1.165) is 11.1 Å². The molecule has 0 radical (unpaired) electrons. The first-order valence-corrected chi connectivity index (χ1v) is 8.11. The highest BCUT2D eigenvalue weighted by Gasteiger charge is 2.20. The van der Waals surface area contributed by atoms with Crippen LogP contribution in [0.15, 0.2) is 54.6 Å². The van der Waals surface area contributed by atoms with Crippen molar-refractivity contribution in [2.45, 2.75) is 26.0 Å². The molecule has 1 atom stereocenters. The number of nitrogens with one attached hydrogen (secondary N) is 2. The molecule has 0 heterocycles. The van der Waals surface area contributed by atoms with Gasteiger partial charge in [-0.25, -0.2) is 9.59 Å². The van der Waals surface area contributed by atoms with Gasteiger partial charge in [-0.05, 0) is 30.2 Å². The number of amides is 2. The van der Waals surface area contributed by atoms with E-state index in [1.165, 1.54) is 0 Å². The van der Waals surface area contributed by atoms with Crippen molar-refractivity contribution < 1.29 is 19.4 Å². The van der Waals surface area contributed by atoms with Crippen molar-refractivity contribution in [3.8, 4) is 5.75 Å². The zero-order valence-corrected chi connectivity index (χ0v) is 14.1. The second kappa shape index (κ2) is 9.32. The van der Waals surface area contributed by atoms with Crippen LogP contribution in [0, 0.1) is 0 Å². The lowest BCUT2D eigenvalue weighted by molar-refractivity contribution is -0.139. The lowest BCUT2D eigenvalue weighted by Gasteiger charge is -2.15. The zero-order chi connectivity index (χ0) is 18.1. The molecule has 0 aliphatic rings. The zero-order valence-electron chi connectivity index (χ0n) is 14.1. The summed E-state index contributed by atoms with van der Waals surface area (Å²) in [5.41, 5.74) is 1.87. The molecule has 3 N–H and O–H groups in total. The van der Waals surface area contributed by atoms with E-state index in [1.807, 2.05) is 30.3 Å². The largest absolute Gasteiger partial charge is 0.489 e. The Labute approximate surface area is 146 Å². The molecule has 2 aromatic rings. The molecule has 6 nitrogen and oxygen atoms in total. The number of carbonyl (C=O) groups is 2. The molecule has 0 saturated carbocycles. The number of hydrogen-bond acceptors (Lipinski definition) is 3. The molecule has 2 aromatic carbocycles. The van der Waals surface area contributed by atoms with E-state index in [-0.39, 0.29) is 6.42 Å². The average Bonchev–Trinajstić information content (AvgIpc) is 2.61. The van der Waals surface area contributed by atoms with E-state index in [9.17, 15) is 14.7 Å².